The van der Waals surface area contributed by atoms with Crippen LogP contribution in [0.2, 0.25) is 0 Å². The maximum atomic E-state index is 4.59. The first kappa shape index (κ1) is 17.1. The molecule has 1 rings (SSSR count). The van der Waals surface area contributed by atoms with Crippen LogP contribution in [-0.2, 0) is 0 Å². The van der Waals surface area contributed by atoms with Crippen LogP contribution in [0, 0.1) is 5.92 Å². The van der Waals surface area contributed by atoms with Gasteiger partial charge >= 0.3 is 0 Å². The molecule has 0 amide bonds. The Bertz CT molecular complexity index is 372. The molecule has 0 bridgehead atoms. The van der Waals surface area contributed by atoms with E-state index >= 15 is 0 Å². The molecule has 0 aromatic rings. The number of hydrogen-bond donors (Lipinski definition) is 1. The lowest BCUT2D eigenvalue weighted by Gasteiger charge is -2.33. The van der Waals surface area contributed by atoms with E-state index in [0.717, 1.165) is 5.71 Å². The molecule has 0 unspecified atom stereocenters. The second kappa shape index (κ2) is 9.09. The van der Waals surface area contributed by atoms with E-state index in [1.807, 2.05) is 7.05 Å². The van der Waals surface area contributed by atoms with Gasteiger partial charge < -0.3 is 10.2 Å². The van der Waals surface area contributed by atoms with Gasteiger partial charge in [0.1, 0.15) is 0 Å². The fourth-order valence-electron chi connectivity index (χ4n) is 3.04. The summed E-state index contributed by atoms with van der Waals surface area (Å²) in [6.45, 7) is 13.0. The van der Waals surface area contributed by atoms with E-state index in [-0.39, 0.29) is 0 Å². The molecular formula is C17H31N3. The monoisotopic (exact) mass is 277 g/mol. The number of aliphatic imine (C=N–C) groups is 1. The van der Waals surface area contributed by atoms with Gasteiger partial charge in [-0.25, -0.2) is 0 Å². The predicted molar refractivity (Wildman–Crippen MR) is 89.4 cm³/mol. The predicted octanol–water partition coefficient (Wildman–Crippen LogP) is 3.25. The van der Waals surface area contributed by atoms with Gasteiger partial charge in [0.15, 0.2) is 0 Å². The molecule has 0 aliphatic carbocycles. The third-order valence-electron chi connectivity index (χ3n) is 4.25. The van der Waals surface area contributed by atoms with Crippen molar-refractivity contribution in [3.63, 3.8) is 0 Å². The average Bonchev–Trinajstić information content (AvgIpc) is 2.50. The minimum absolute atomic E-state index is 0.689. The van der Waals surface area contributed by atoms with Crippen molar-refractivity contribution in [3.8, 4) is 0 Å². The van der Waals surface area contributed by atoms with Crippen LogP contribution in [0.5, 0.6) is 0 Å². The fourth-order valence-corrected chi connectivity index (χ4v) is 3.04. The van der Waals surface area contributed by atoms with Crippen molar-refractivity contribution < 1.29 is 0 Å². The van der Waals surface area contributed by atoms with Crippen LogP contribution in [0.1, 0.15) is 40.5 Å². The highest BCUT2D eigenvalue weighted by Crippen LogP contribution is 2.30. The summed E-state index contributed by atoms with van der Waals surface area (Å²) < 4.78 is 0. The van der Waals surface area contributed by atoms with Crippen molar-refractivity contribution in [1.82, 2.24) is 10.2 Å². The molecule has 3 heteroatoms. The van der Waals surface area contributed by atoms with Crippen LogP contribution < -0.4 is 5.32 Å². The lowest BCUT2D eigenvalue weighted by atomic mass is 9.83. The topological polar surface area (TPSA) is 27.6 Å². The zero-order valence-corrected chi connectivity index (χ0v) is 13.9. The Hall–Kier alpha value is -0.930. The molecule has 0 aromatic heterocycles. The van der Waals surface area contributed by atoms with E-state index in [1.165, 1.54) is 43.6 Å². The first-order valence-corrected chi connectivity index (χ1v) is 7.89. The Balaban J connectivity index is 2.79. The van der Waals surface area contributed by atoms with Crippen LogP contribution in [-0.4, -0.2) is 44.0 Å². The summed E-state index contributed by atoms with van der Waals surface area (Å²) in [5.41, 5.74) is 3.96. The molecule has 0 atom stereocenters. The van der Waals surface area contributed by atoms with E-state index in [9.17, 15) is 0 Å². The van der Waals surface area contributed by atoms with Crippen molar-refractivity contribution in [3.05, 3.63) is 23.3 Å². The van der Waals surface area contributed by atoms with Crippen molar-refractivity contribution in [1.29, 1.82) is 0 Å². The average molecular weight is 277 g/mol. The summed E-state index contributed by atoms with van der Waals surface area (Å²) in [6, 6.07) is 0. The second-order valence-electron chi connectivity index (χ2n) is 5.41. The summed E-state index contributed by atoms with van der Waals surface area (Å²) >= 11 is 0. The Labute approximate surface area is 124 Å². The minimum atomic E-state index is 0.689. The smallest absolute Gasteiger partial charge is 0.0885 e. The van der Waals surface area contributed by atoms with Gasteiger partial charge in [-0.2, -0.15) is 0 Å². The van der Waals surface area contributed by atoms with Gasteiger partial charge in [-0.15, -0.1) is 0 Å². The summed E-state index contributed by atoms with van der Waals surface area (Å²) in [7, 11) is 1.93. The van der Waals surface area contributed by atoms with Gasteiger partial charge in [-0.1, -0.05) is 19.1 Å². The maximum absolute atomic E-state index is 4.59. The zero-order valence-electron chi connectivity index (χ0n) is 13.9. The Kier molecular flexibility index (Phi) is 7.78. The molecule has 114 valence electrons. The molecule has 1 heterocycles. The fraction of sp³-hybridized carbons (Fsp3) is 0.706. The van der Waals surface area contributed by atoms with Gasteiger partial charge in [-0.05, 0) is 77.4 Å². The van der Waals surface area contributed by atoms with Crippen molar-refractivity contribution in [2.45, 2.75) is 40.5 Å². The molecule has 1 aliphatic rings. The normalized spacial score (nSPS) is 20.6. The number of hydrogen-bond acceptors (Lipinski definition) is 3. The molecule has 0 spiro atoms. The first-order chi connectivity index (χ1) is 9.67. The molecule has 0 aromatic carbocycles. The maximum Gasteiger partial charge on any atom is 0.0885 e. The third-order valence-corrected chi connectivity index (χ3v) is 4.25. The second-order valence-corrected chi connectivity index (χ2v) is 5.41. The molecule has 3 nitrogen and oxygen atoms in total. The number of rotatable bonds is 6. The molecule has 1 saturated heterocycles. The lowest BCUT2D eigenvalue weighted by molar-refractivity contribution is 0.209. The molecule has 1 fully saturated rings. The number of piperidine rings is 1. The Morgan fingerprint density at radius 2 is 1.90 bits per heavy atom. The van der Waals surface area contributed by atoms with Crippen molar-refractivity contribution in [2.24, 2.45) is 10.9 Å². The van der Waals surface area contributed by atoms with Gasteiger partial charge in [0.05, 0.1) is 6.67 Å². The van der Waals surface area contributed by atoms with Crippen molar-refractivity contribution in [2.75, 3.05) is 33.4 Å². The SMILES string of the molecule is C/C=C(C(=C\C)/C1CCN(CC)CC1)\C(C)=N/CNC. The van der Waals surface area contributed by atoms with Crippen LogP contribution in [0.3, 0.4) is 0 Å². The molecule has 0 radical (unpaired) electrons. The Morgan fingerprint density at radius 1 is 1.25 bits per heavy atom. The summed E-state index contributed by atoms with van der Waals surface area (Å²) in [4.78, 5) is 7.14. The van der Waals surface area contributed by atoms with E-state index in [1.54, 1.807) is 0 Å². The highest BCUT2D eigenvalue weighted by atomic mass is 15.1. The van der Waals surface area contributed by atoms with Crippen LogP contribution in [0.4, 0.5) is 0 Å². The third kappa shape index (κ3) is 4.57. The highest BCUT2D eigenvalue weighted by molar-refractivity contribution is 6.02. The van der Waals surface area contributed by atoms with Gasteiger partial charge in [0.25, 0.3) is 0 Å². The summed E-state index contributed by atoms with van der Waals surface area (Å²) in [6.07, 6.45) is 7.05. The molecule has 20 heavy (non-hydrogen) atoms. The number of likely N-dealkylation sites (tertiary alicyclic amines) is 1. The van der Waals surface area contributed by atoms with Crippen LogP contribution >= 0.6 is 0 Å². The molecule has 1 N–H and O–H groups in total. The highest BCUT2D eigenvalue weighted by Gasteiger charge is 2.23. The quantitative estimate of drug-likeness (QED) is 0.596. The molecule has 0 saturated carbocycles. The largest absolute Gasteiger partial charge is 0.304 e. The Morgan fingerprint density at radius 3 is 2.35 bits per heavy atom. The van der Waals surface area contributed by atoms with Crippen molar-refractivity contribution >= 4 is 5.71 Å². The van der Waals surface area contributed by atoms with Gasteiger partial charge in [-0.3, -0.25) is 4.99 Å². The number of nitrogens with one attached hydrogen (secondary N) is 1. The number of allylic oxidation sites excluding steroid dienone is 4. The van der Waals surface area contributed by atoms with E-state index < -0.39 is 0 Å². The molecule has 1 aliphatic heterocycles. The first-order valence-electron chi connectivity index (χ1n) is 7.89. The van der Waals surface area contributed by atoms with Crippen LogP contribution in [0.15, 0.2) is 28.3 Å². The van der Waals surface area contributed by atoms with Gasteiger partial charge in [0.2, 0.25) is 0 Å². The van der Waals surface area contributed by atoms with E-state index in [2.05, 4.69) is 55.1 Å². The van der Waals surface area contributed by atoms with E-state index in [4.69, 9.17) is 0 Å². The zero-order chi connectivity index (χ0) is 15.0. The van der Waals surface area contributed by atoms with E-state index in [0.29, 0.717) is 12.6 Å². The molecular weight excluding hydrogens is 246 g/mol. The minimum Gasteiger partial charge on any atom is -0.304 e. The van der Waals surface area contributed by atoms with Gasteiger partial charge in [0, 0.05) is 5.71 Å². The summed E-state index contributed by atoms with van der Waals surface area (Å²) in [5, 5.41) is 3.09. The lowest BCUT2D eigenvalue weighted by Crippen LogP contribution is -2.34. The summed E-state index contributed by atoms with van der Waals surface area (Å²) in [5.74, 6) is 0.689. The van der Waals surface area contributed by atoms with Crippen LogP contribution in [0.25, 0.3) is 0 Å². The standard InChI is InChI=1S/C17H31N3/c1-6-16(14(4)19-13-18-5)17(7-2)15-9-11-20(8-3)12-10-15/h6-7,15,18H,8-13H2,1-5H3/b16-6+,17-7-,19-14-. The number of nitrogens with zero attached hydrogens (tertiary/aromatic N) is 2.